The smallest absolute Gasteiger partial charge is 0.0398 e. The molecule has 0 saturated carbocycles. The first kappa shape index (κ1) is 32.2. The number of hydrogen-bond donors (Lipinski definition) is 0. The van der Waals surface area contributed by atoms with Crippen LogP contribution in [0.15, 0.2) is 139 Å². The van der Waals surface area contributed by atoms with E-state index in [2.05, 4.69) is 155 Å². The molecule has 0 aromatic heterocycles. The molecule has 0 spiro atoms. The third kappa shape index (κ3) is 5.74. The van der Waals surface area contributed by atoms with Crippen LogP contribution in [0.25, 0.3) is 34.4 Å². The summed E-state index contributed by atoms with van der Waals surface area (Å²) in [7, 11) is 16.7. The SMILES string of the molecule is CC1=Cc2c(-c3ccccc3)cccc2[CH]1[Zr]([Cl])([Cl])([CH]1C(C)=Cc2c(-c3ccccc3)cccc21)[SiH](C)C.Cc1ccccc1. The molecule has 0 aliphatic heterocycles. The van der Waals surface area contributed by atoms with Gasteiger partial charge in [0.1, 0.15) is 0 Å². The van der Waals surface area contributed by atoms with Crippen molar-refractivity contribution in [1.29, 1.82) is 0 Å². The summed E-state index contributed by atoms with van der Waals surface area (Å²) in [6.07, 6.45) is 4.76. The molecule has 2 aliphatic rings. The Kier molecular flexibility index (Phi) is 9.17. The van der Waals surface area contributed by atoms with Crippen LogP contribution >= 0.6 is 17.0 Å². The maximum Gasteiger partial charge on any atom is -0.0398 e. The van der Waals surface area contributed by atoms with Gasteiger partial charge in [0.2, 0.25) is 0 Å². The summed E-state index contributed by atoms with van der Waals surface area (Å²) in [4.78, 5) is 0. The Morgan fingerprint density at radius 1 is 0.489 bits per heavy atom. The average Bonchev–Trinajstić information content (AvgIpc) is 3.59. The molecule has 2 unspecified atom stereocenters. The van der Waals surface area contributed by atoms with Gasteiger partial charge >= 0.3 is 238 Å². The normalized spacial score (nSPS) is 17.7. The number of aryl methyl sites for hydroxylation is 1. The van der Waals surface area contributed by atoms with E-state index in [4.69, 9.17) is 17.0 Å². The largest absolute Gasteiger partial charge is 0.0622 e. The second-order valence-corrected chi connectivity index (χ2v) is 55.5. The second-order valence-electron chi connectivity index (χ2n) is 13.0. The third-order valence-electron chi connectivity index (χ3n) is 9.87. The third-order valence-corrected chi connectivity index (χ3v) is 62.1. The van der Waals surface area contributed by atoms with Gasteiger partial charge in [0.15, 0.2) is 0 Å². The minimum absolute atomic E-state index is 0.116. The first-order valence-corrected chi connectivity index (χ1v) is 32.2. The molecule has 2 atom stereocenters. The zero-order chi connectivity index (χ0) is 31.8. The quantitative estimate of drug-likeness (QED) is 0.158. The first-order valence-electron chi connectivity index (χ1n) is 15.9. The fourth-order valence-corrected chi connectivity index (χ4v) is 40.6. The Balaban J connectivity index is 0.000000452. The monoisotopic (exact) mass is 721 g/mol. The van der Waals surface area contributed by atoms with E-state index >= 15 is 0 Å². The number of halogens is 2. The van der Waals surface area contributed by atoms with Gasteiger partial charge in [-0.3, -0.25) is 0 Å². The van der Waals surface area contributed by atoms with Crippen LogP contribution in [-0.4, -0.2) is 5.92 Å². The fourth-order valence-electron chi connectivity index (χ4n) is 7.68. The minimum atomic E-state index is -4.63. The molecular weight excluding hydrogens is 683 g/mol. The predicted molar refractivity (Wildman–Crippen MR) is 198 cm³/mol. The van der Waals surface area contributed by atoms with Crippen molar-refractivity contribution in [2.24, 2.45) is 0 Å². The van der Waals surface area contributed by atoms with Crippen molar-refractivity contribution in [3.8, 4) is 22.3 Å². The van der Waals surface area contributed by atoms with Gasteiger partial charge in [-0.2, -0.15) is 0 Å². The van der Waals surface area contributed by atoms with Gasteiger partial charge in [0.05, 0.1) is 0 Å². The number of benzene rings is 5. The molecule has 0 amide bonds. The Labute approximate surface area is 278 Å². The zero-order valence-electron chi connectivity index (χ0n) is 26.8. The summed E-state index contributed by atoms with van der Waals surface area (Å²) in [5.74, 6) is -1.54. The van der Waals surface area contributed by atoms with Crippen LogP contribution in [0.1, 0.15) is 48.9 Å². The zero-order valence-corrected chi connectivity index (χ0v) is 31.9. The maximum absolute atomic E-state index is 8.34. The first-order chi connectivity index (χ1) is 21.6. The molecule has 0 heterocycles. The number of hydrogen-bond acceptors (Lipinski definition) is 0. The van der Waals surface area contributed by atoms with Crippen molar-refractivity contribution in [1.82, 2.24) is 0 Å². The van der Waals surface area contributed by atoms with Crippen LogP contribution in [0.2, 0.25) is 13.1 Å². The van der Waals surface area contributed by atoms with E-state index in [-0.39, 0.29) is 7.25 Å². The number of allylic oxidation sites excluding steroid dienone is 2. The maximum atomic E-state index is 8.34. The fraction of sp³-hybridized carbons (Fsp3) is 0.171. The number of fused-ring (bicyclic) bond motifs is 2. The molecule has 0 bridgehead atoms. The van der Waals surface area contributed by atoms with Crippen molar-refractivity contribution in [3.63, 3.8) is 0 Å². The molecule has 5 aromatic carbocycles. The van der Waals surface area contributed by atoms with Crippen molar-refractivity contribution in [2.75, 3.05) is 0 Å². The Morgan fingerprint density at radius 3 is 1.20 bits per heavy atom. The standard InChI is InChI=1S/2C16H13.C7H8.C2H7Si.2ClH.Zr/c2*1-12-10-14-8-5-9-15(16(14)11-12)13-6-3-2-4-7-13;1-7-5-3-2-4-6-7;1-3-2;;;/h2*2-11H,1H3;2-6H,1H3;3H,1-2H3;2*1H;/q;;;;;;+2/p-2. The second kappa shape index (κ2) is 12.8. The van der Waals surface area contributed by atoms with Crippen molar-refractivity contribution < 1.29 is 15.6 Å². The van der Waals surface area contributed by atoms with Crippen LogP contribution in [0, 0.1) is 6.92 Å². The average molecular weight is 724 g/mol. The van der Waals surface area contributed by atoms with Crippen molar-refractivity contribution >= 4 is 35.1 Å². The molecule has 7 rings (SSSR count). The minimum Gasteiger partial charge on any atom is -0.0622 e. The van der Waals surface area contributed by atoms with Crippen LogP contribution in [-0.2, 0) is 15.6 Å². The molecule has 0 fully saturated rings. The Morgan fingerprint density at radius 2 is 0.867 bits per heavy atom. The molecule has 227 valence electrons. The summed E-state index contributed by atoms with van der Waals surface area (Å²) in [5.41, 5.74) is 14.3. The predicted octanol–water partition coefficient (Wildman–Crippen LogP) is 12.6. The summed E-state index contributed by atoms with van der Waals surface area (Å²) in [6.45, 7) is 11.4. The topological polar surface area (TPSA) is 0 Å². The van der Waals surface area contributed by atoms with Gasteiger partial charge in [-0.25, -0.2) is 0 Å². The Bertz CT molecular complexity index is 1780. The van der Waals surface area contributed by atoms with Gasteiger partial charge < -0.3 is 0 Å². The van der Waals surface area contributed by atoms with Gasteiger partial charge in [-0.1, -0.05) is 35.9 Å². The van der Waals surface area contributed by atoms with Gasteiger partial charge in [0.25, 0.3) is 0 Å². The summed E-state index contributed by atoms with van der Waals surface area (Å²) < 4.78 is 0.231. The molecule has 4 heteroatoms. The van der Waals surface area contributed by atoms with E-state index in [1.807, 2.05) is 18.2 Å². The van der Waals surface area contributed by atoms with E-state index < -0.39 is 21.5 Å². The van der Waals surface area contributed by atoms with E-state index in [1.165, 1.54) is 61.2 Å². The van der Waals surface area contributed by atoms with Crippen LogP contribution < -0.4 is 0 Å². The van der Waals surface area contributed by atoms with E-state index in [9.17, 15) is 0 Å². The van der Waals surface area contributed by atoms with Crippen LogP contribution in [0.5, 0.6) is 0 Å². The molecule has 0 N–H and O–H groups in total. The van der Waals surface area contributed by atoms with E-state index in [0.29, 0.717) is 0 Å². The molecule has 5 aromatic rings. The van der Waals surface area contributed by atoms with Gasteiger partial charge in [-0.05, 0) is 6.92 Å². The molecule has 45 heavy (non-hydrogen) atoms. The molecular formula is C41H41Cl2SiZr. The van der Waals surface area contributed by atoms with Crippen LogP contribution in [0.3, 0.4) is 0 Å². The van der Waals surface area contributed by atoms with Crippen molar-refractivity contribution in [3.05, 3.63) is 166 Å². The van der Waals surface area contributed by atoms with E-state index in [1.54, 1.807) is 0 Å². The van der Waals surface area contributed by atoms with E-state index in [0.717, 1.165) is 0 Å². The molecule has 0 nitrogen and oxygen atoms in total. The van der Waals surface area contributed by atoms with Crippen LogP contribution in [0.4, 0.5) is 0 Å². The number of rotatable bonds is 5. The van der Waals surface area contributed by atoms with Gasteiger partial charge in [-0.15, -0.1) is 0 Å². The summed E-state index contributed by atoms with van der Waals surface area (Å²) in [6, 6.07) is 45.1. The molecule has 0 radical (unpaired) electrons. The summed E-state index contributed by atoms with van der Waals surface area (Å²) >= 11 is -4.63. The molecule has 2 aliphatic carbocycles. The summed E-state index contributed by atoms with van der Waals surface area (Å²) in [5, 5.41) is 0. The Hall–Kier alpha value is -2.74. The van der Waals surface area contributed by atoms with Crippen molar-refractivity contribution in [2.45, 2.75) is 41.1 Å². The molecule has 0 saturated heterocycles. The van der Waals surface area contributed by atoms with Gasteiger partial charge in [0, 0.05) is 0 Å².